The van der Waals surface area contributed by atoms with Gasteiger partial charge >= 0.3 is 12.1 Å². The van der Waals surface area contributed by atoms with Crippen LogP contribution in [0.2, 0.25) is 0 Å². The second kappa shape index (κ2) is 10.7. The average Bonchev–Trinajstić information content (AvgIpc) is 3.09. The van der Waals surface area contributed by atoms with Gasteiger partial charge in [-0.2, -0.15) is 0 Å². The molecular weight excluding hydrogens is 432 g/mol. The van der Waals surface area contributed by atoms with Crippen molar-refractivity contribution < 1.29 is 24.2 Å². The van der Waals surface area contributed by atoms with E-state index in [-0.39, 0.29) is 30.8 Å². The van der Waals surface area contributed by atoms with Gasteiger partial charge in [0.15, 0.2) is 0 Å². The van der Waals surface area contributed by atoms with Gasteiger partial charge in [-0.05, 0) is 47.4 Å². The molecule has 2 aromatic carbocycles. The number of carboxylic acid groups (broad SMARTS) is 1. The van der Waals surface area contributed by atoms with Crippen LogP contribution in [-0.4, -0.2) is 41.8 Å². The average molecular weight is 465 g/mol. The summed E-state index contributed by atoms with van der Waals surface area (Å²) in [5.41, 5.74) is 4.54. The van der Waals surface area contributed by atoms with Crippen LogP contribution in [0.3, 0.4) is 0 Å². The Morgan fingerprint density at radius 1 is 1.00 bits per heavy atom. The molecule has 2 aliphatic rings. The molecular formula is C27H32N2O5. The van der Waals surface area contributed by atoms with Crippen LogP contribution in [0.15, 0.2) is 48.5 Å². The van der Waals surface area contributed by atoms with Crippen LogP contribution in [-0.2, 0) is 14.3 Å². The molecule has 7 heteroatoms. The van der Waals surface area contributed by atoms with Crippen molar-refractivity contribution >= 4 is 18.0 Å². The summed E-state index contributed by atoms with van der Waals surface area (Å²) in [7, 11) is 0. The molecule has 2 aromatic rings. The number of alkyl carbamates (subject to hydrolysis) is 1. The summed E-state index contributed by atoms with van der Waals surface area (Å²) in [6, 6.07) is 15.0. The maximum Gasteiger partial charge on any atom is 0.407 e. The molecule has 34 heavy (non-hydrogen) atoms. The summed E-state index contributed by atoms with van der Waals surface area (Å²) in [6.45, 7) is 2.10. The molecule has 0 saturated heterocycles. The molecule has 0 radical (unpaired) electrons. The fourth-order valence-electron chi connectivity index (χ4n) is 4.99. The Labute approximate surface area is 199 Å². The number of ether oxygens (including phenoxy) is 1. The Bertz CT molecular complexity index is 1000. The number of carboxylic acids is 1. The molecule has 4 rings (SSSR count). The van der Waals surface area contributed by atoms with Crippen LogP contribution < -0.4 is 10.6 Å². The molecule has 3 N–H and O–H groups in total. The zero-order valence-corrected chi connectivity index (χ0v) is 19.5. The highest BCUT2D eigenvalue weighted by Crippen LogP contribution is 2.44. The van der Waals surface area contributed by atoms with E-state index < -0.39 is 24.1 Å². The molecule has 2 atom stereocenters. The Kier molecular flexibility index (Phi) is 7.50. The first kappa shape index (κ1) is 23.8. The van der Waals surface area contributed by atoms with Gasteiger partial charge in [-0.3, -0.25) is 9.59 Å². The normalized spacial score (nSPS) is 16.5. The lowest BCUT2D eigenvalue weighted by atomic mass is 9.78. The number of aliphatic carboxylic acids is 1. The zero-order valence-electron chi connectivity index (χ0n) is 19.5. The van der Waals surface area contributed by atoms with E-state index in [4.69, 9.17) is 4.74 Å². The molecule has 180 valence electrons. The quantitative estimate of drug-likeness (QED) is 0.482. The minimum Gasteiger partial charge on any atom is -0.481 e. The van der Waals surface area contributed by atoms with Crippen molar-refractivity contribution in [3.8, 4) is 11.1 Å². The van der Waals surface area contributed by atoms with E-state index in [0.717, 1.165) is 41.5 Å². The lowest BCUT2D eigenvalue weighted by Crippen LogP contribution is -2.52. The lowest BCUT2D eigenvalue weighted by molar-refractivity contribution is -0.138. The minimum absolute atomic E-state index is 0.0600. The highest BCUT2D eigenvalue weighted by molar-refractivity contribution is 5.86. The van der Waals surface area contributed by atoms with Gasteiger partial charge in [0.1, 0.15) is 12.6 Å². The number of nitrogens with one attached hydrogen (secondary N) is 2. The van der Waals surface area contributed by atoms with Gasteiger partial charge in [0, 0.05) is 12.0 Å². The van der Waals surface area contributed by atoms with E-state index in [1.54, 1.807) is 0 Å². The summed E-state index contributed by atoms with van der Waals surface area (Å²) in [6.07, 6.45) is 3.25. The van der Waals surface area contributed by atoms with Crippen LogP contribution in [0.5, 0.6) is 0 Å². The highest BCUT2D eigenvalue weighted by Gasteiger charge is 2.33. The van der Waals surface area contributed by atoms with E-state index in [1.165, 1.54) is 0 Å². The van der Waals surface area contributed by atoms with Gasteiger partial charge in [0.25, 0.3) is 0 Å². The van der Waals surface area contributed by atoms with Gasteiger partial charge in [-0.15, -0.1) is 0 Å². The Morgan fingerprint density at radius 2 is 1.62 bits per heavy atom. The maximum absolute atomic E-state index is 12.9. The summed E-state index contributed by atoms with van der Waals surface area (Å²) in [5.74, 6) is -1.17. The first-order chi connectivity index (χ1) is 16.5. The number of fused-ring (bicyclic) bond motifs is 3. The van der Waals surface area contributed by atoms with E-state index in [2.05, 4.69) is 34.9 Å². The Hall–Kier alpha value is -3.35. The smallest absolute Gasteiger partial charge is 0.407 e. The molecule has 0 aliphatic heterocycles. The molecule has 1 fully saturated rings. The summed E-state index contributed by atoms with van der Waals surface area (Å²) in [5, 5.41) is 14.8. The minimum atomic E-state index is -0.936. The van der Waals surface area contributed by atoms with Gasteiger partial charge in [0.05, 0.1) is 6.42 Å². The standard InChI is InChI=1S/C27H32N2O5/c1-2-8-23(26(32)28-24(15-25(30)31)17-9-7-10-17)29-27(33)34-16-22-20-13-5-3-11-18(20)19-12-4-6-14-21(19)22/h3-6,11-14,17,22-24H,2,7-10,15-16H2,1H3,(H,28,32)(H,29,33)(H,30,31). The number of hydrogen-bond acceptors (Lipinski definition) is 4. The monoisotopic (exact) mass is 464 g/mol. The summed E-state index contributed by atoms with van der Waals surface area (Å²) < 4.78 is 5.59. The fraction of sp³-hybridized carbons (Fsp3) is 0.444. The Morgan fingerprint density at radius 3 is 2.15 bits per heavy atom. The second-order valence-corrected chi connectivity index (χ2v) is 9.22. The molecule has 1 saturated carbocycles. The molecule has 2 amide bonds. The Balaban J connectivity index is 1.38. The first-order valence-electron chi connectivity index (χ1n) is 12.1. The van der Waals surface area contributed by atoms with Gasteiger partial charge < -0.3 is 20.5 Å². The first-order valence-corrected chi connectivity index (χ1v) is 12.1. The van der Waals surface area contributed by atoms with Crippen molar-refractivity contribution in [3.63, 3.8) is 0 Å². The number of benzene rings is 2. The number of carbonyl (C=O) groups excluding carboxylic acids is 2. The summed E-state index contributed by atoms with van der Waals surface area (Å²) >= 11 is 0. The van der Waals surface area contributed by atoms with Crippen molar-refractivity contribution in [1.82, 2.24) is 10.6 Å². The van der Waals surface area contributed by atoms with Crippen molar-refractivity contribution in [1.29, 1.82) is 0 Å². The van der Waals surface area contributed by atoms with Gasteiger partial charge in [-0.1, -0.05) is 68.3 Å². The molecule has 0 bridgehead atoms. The highest BCUT2D eigenvalue weighted by atomic mass is 16.5. The molecule has 0 aromatic heterocycles. The fourth-order valence-corrected chi connectivity index (χ4v) is 4.99. The van der Waals surface area contributed by atoms with Crippen LogP contribution in [0.1, 0.15) is 62.5 Å². The number of hydrogen-bond donors (Lipinski definition) is 3. The maximum atomic E-state index is 12.9. The van der Waals surface area contributed by atoms with E-state index in [0.29, 0.717) is 12.8 Å². The number of rotatable bonds is 10. The third-order valence-corrected chi connectivity index (χ3v) is 6.97. The predicted octanol–water partition coefficient (Wildman–Crippen LogP) is 4.45. The third-order valence-electron chi connectivity index (χ3n) is 6.97. The van der Waals surface area contributed by atoms with Gasteiger partial charge in [0.2, 0.25) is 5.91 Å². The summed E-state index contributed by atoms with van der Waals surface area (Å²) in [4.78, 5) is 36.8. The second-order valence-electron chi connectivity index (χ2n) is 9.22. The van der Waals surface area contributed by atoms with E-state index in [9.17, 15) is 19.5 Å². The SMILES string of the molecule is CCCC(NC(=O)OCC1c2ccccc2-c2ccccc21)C(=O)NC(CC(=O)O)C1CCC1. The van der Waals surface area contributed by atoms with Crippen molar-refractivity contribution in [3.05, 3.63) is 59.7 Å². The van der Waals surface area contributed by atoms with E-state index in [1.807, 2.05) is 31.2 Å². The predicted molar refractivity (Wildman–Crippen MR) is 128 cm³/mol. The van der Waals surface area contributed by atoms with Crippen molar-refractivity contribution in [2.24, 2.45) is 5.92 Å². The van der Waals surface area contributed by atoms with Crippen LogP contribution >= 0.6 is 0 Å². The topological polar surface area (TPSA) is 105 Å². The van der Waals surface area contributed by atoms with Crippen LogP contribution in [0.4, 0.5) is 4.79 Å². The van der Waals surface area contributed by atoms with Crippen LogP contribution in [0, 0.1) is 5.92 Å². The van der Waals surface area contributed by atoms with Crippen molar-refractivity contribution in [2.45, 2.75) is 63.5 Å². The number of amides is 2. The molecule has 2 aliphatic carbocycles. The third kappa shape index (κ3) is 5.24. The molecule has 7 nitrogen and oxygen atoms in total. The largest absolute Gasteiger partial charge is 0.481 e. The zero-order chi connectivity index (χ0) is 24.1. The molecule has 2 unspecified atom stereocenters. The van der Waals surface area contributed by atoms with E-state index >= 15 is 0 Å². The number of carbonyl (C=O) groups is 3. The molecule has 0 heterocycles. The van der Waals surface area contributed by atoms with Crippen molar-refractivity contribution in [2.75, 3.05) is 6.61 Å². The van der Waals surface area contributed by atoms with Crippen LogP contribution in [0.25, 0.3) is 11.1 Å². The van der Waals surface area contributed by atoms with Gasteiger partial charge in [-0.25, -0.2) is 4.79 Å². The lowest BCUT2D eigenvalue weighted by Gasteiger charge is -2.34. The molecule has 0 spiro atoms.